The summed E-state index contributed by atoms with van der Waals surface area (Å²) in [5.41, 5.74) is -0.624. The maximum absolute atomic E-state index is 13.2. The number of amidine groups is 1. The largest absolute Gasteiger partial charge is 0.483 e. The highest BCUT2D eigenvalue weighted by Crippen LogP contribution is 2.20. The van der Waals surface area contributed by atoms with Gasteiger partial charge in [0, 0.05) is 18.2 Å². The molecule has 0 radical (unpaired) electrons. The Morgan fingerprint density at radius 1 is 1.26 bits per heavy atom. The van der Waals surface area contributed by atoms with Crippen molar-refractivity contribution in [1.29, 1.82) is 0 Å². The van der Waals surface area contributed by atoms with E-state index in [0.29, 0.717) is 18.9 Å². The second-order valence-electron chi connectivity index (χ2n) is 6.24. The molecule has 23 heavy (non-hydrogen) atoms. The molecule has 0 saturated carbocycles. The van der Waals surface area contributed by atoms with E-state index < -0.39 is 29.4 Å². The van der Waals surface area contributed by atoms with Crippen molar-refractivity contribution in [2.45, 2.75) is 39.4 Å². The highest BCUT2D eigenvalue weighted by Gasteiger charge is 2.32. The number of benzene rings is 1. The zero-order chi connectivity index (χ0) is 17.2. The van der Waals surface area contributed by atoms with Crippen LogP contribution in [-0.4, -0.2) is 41.6 Å². The van der Waals surface area contributed by atoms with E-state index >= 15 is 0 Å². The van der Waals surface area contributed by atoms with E-state index in [1.54, 1.807) is 27.7 Å². The molecule has 1 aliphatic heterocycles. The lowest BCUT2D eigenvalue weighted by atomic mass is 10.2. The molecule has 0 aliphatic carbocycles. The summed E-state index contributed by atoms with van der Waals surface area (Å²) in [6, 6.07) is 2.91. The Kier molecular flexibility index (Phi) is 4.87. The van der Waals surface area contributed by atoms with Crippen molar-refractivity contribution in [3.05, 3.63) is 29.8 Å². The van der Waals surface area contributed by atoms with Crippen LogP contribution in [-0.2, 0) is 4.74 Å². The fourth-order valence-electron chi connectivity index (χ4n) is 2.17. The Morgan fingerprint density at radius 3 is 2.43 bits per heavy atom. The Labute approximate surface area is 133 Å². The van der Waals surface area contributed by atoms with Gasteiger partial charge in [0.15, 0.2) is 6.10 Å². The first-order valence-corrected chi connectivity index (χ1v) is 7.33. The summed E-state index contributed by atoms with van der Waals surface area (Å²) in [5, 5.41) is 0. The van der Waals surface area contributed by atoms with Gasteiger partial charge in [-0.1, -0.05) is 0 Å². The lowest BCUT2D eigenvalue weighted by Gasteiger charge is -2.27. The first kappa shape index (κ1) is 17.2. The van der Waals surface area contributed by atoms with E-state index in [0.717, 1.165) is 18.2 Å². The van der Waals surface area contributed by atoms with Gasteiger partial charge in [0.1, 0.15) is 28.8 Å². The lowest BCUT2D eigenvalue weighted by Crippen LogP contribution is -2.44. The minimum atomic E-state index is -0.732. The summed E-state index contributed by atoms with van der Waals surface area (Å²) in [6.45, 7) is 7.79. The van der Waals surface area contributed by atoms with Crippen molar-refractivity contribution in [3.8, 4) is 5.75 Å². The lowest BCUT2D eigenvalue weighted by molar-refractivity contribution is 0.0371. The summed E-state index contributed by atoms with van der Waals surface area (Å²) in [6.07, 6.45) is -1.17. The Bertz CT molecular complexity index is 606. The number of nitrogens with zero attached hydrogens (tertiary/aromatic N) is 2. The van der Waals surface area contributed by atoms with E-state index in [9.17, 15) is 13.6 Å². The van der Waals surface area contributed by atoms with Crippen molar-refractivity contribution < 1.29 is 23.0 Å². The maximum atomic E-state index is 13.2. The topological polar surface area (TPSA) is 51.1 Å². The summed E-state index contributed by atoms with van der Waals surface area (Å²) in [5.74, 6) is -1.05. The molecule has 0 aromatic heterocycles. The monoisotopic (exact) mass is 326 g/mol. The van der Waals surface area contributed by atoms with E-state index in [2.05, 4.69) is 4.99 Å². The van der Waals surface area contributed by atoms with Gasteiger partial charge in [-0.3, -0.25) is 9.89 Å². The third-order valence-corrected chi connectivity index (χ3v) is 3.00. The normalized spacial score (nSPS) is 16.1. The quantitative estimate of drug-likeness (QED) is 0.855. The second-order valence-corrected chi connectivity index (χ2v) is 6.24. The van der Waals surface area contributed by atoms with Crippen LogP contribution in [0.1, 0.15) is 27.7 Å². The predicted molar refractivity (Wildman–Crippen MR) is 81.7 cm³/mol. The van der Waals surface area contributed by atoms with Crippen molar-refractivity contribution in [2.75, 3.05) is 13.1 Å². The number of amides is 1. The van der Waals surface area contributed by atoms with E-state index in [1.807, 2.05) is 0 Å². The minimum absolute atomic E-state index is 0.0359. The SMILES string of the molecule is CC(Oc1cc(F)cc(F)c1)C1=NCCN1C(=O)OC(C)(C)C. The average molecular weight is 326 g/mol. The van der Waals surface area contributed by atoms with E-state index in [1.165, 1.54) is 4.90 Å². The Balaban J connectivity index is 2.08. The number of ether oxygens (including phenoxy) is 2. The molecular weight excluding hydrogens is 306 g/mol. The molecule has 1 heterocycles. The smallest absolute Gasteiger partial charge is 0.415 e. The second kappa shape index (κ2) is 6.52. The van der Waals surface area contributed by atoms with Crippen molar-refractivity contribution >= 4 is 11.9 Å². The van der Waals surface area contributed by atoms with Gasteiger partial charge < -0.3 is 9.47 Å². The molecule has 1 amide bonds. The van der Waals surface area contributed by atoms with E-state index in [4.69, 9.17) is 9.47 Å². The highest BCUT2D eigenvalue weighted by atomic mass is 19.1. The summed E-state index contributed by atoms with van der Waals surface area (Å²) in [4.78, 5) is 17.8. The number of carbonyl (C=O) groups excluding carboxylic acids is 1. The number of halogens is 2. The minimum Gasteiger partial charge on any atom is -0.483 e. The molecular formula is C16H20F2N2O3. The number of hydrogen-bond donors (Lipinski definition) is 0. The first-order valence-electron chi connectivity index (χ1n) is 7.33. The molecule has 0 N–H and O–H groups in total. The Morgan fingerprint density at radius 2 is 1.87 bits per heavy atom. The number of hydrogen-bond acceptors (Lipinski definition) is 4. The summed E-state index contributed by atoms with van der Waals surface area (Å²) in [7, 11) is 0. The van der Waals surface area contributed by atoms with Crippen LogP contribution < -0.4 is 4.74 Å². The van der Waals surface area contributed by atoms with Gasteiger partial charge in [-0.15, -0.1) is 0 Å². The molecule has 1 aromatic carbocycles. The fraction of sp³-hybridized carbons (Fsp3) is 0.500. The fourth-order valence-corrected chi connectivity index (χ4v) is 2.17. The molecule has 1 aromatic rings. The maximum Gasteiger partial charge on any atom is 0.415 e. The molecule has 1 unspecified atom stereocenters. The number of carbonyl (C=O) groups is 1. The molecule has 0 fully saturated rings. The van der Waals surface area contributed by atoms with Crippen molar-refractivity contribution in [3.63, 3.8) is 0 Å². The van der Waals surface area contributed by atoms with Crippen LogP contribution in [0, 0.1) is 11.6 Å². The van der Waals surface area contributed by atoms with Crippen LogP contribution in [0.5, 0.6) is 5.75 Å². The third kappa shape index (κ3) is 4.64. The number of aliphatic imine (C=N–C) groups is 1. The zero-order valence-electron chi connectivity index (χ0n) is 13.6. The van der Waals surface area contributed by atoms with Crippen molar-refractivity contribution in [1.82, 2.24) is 4.90 Å². The van der Waals surface area contributed by atoms with Crippen LogP contribution in [0.25, 0.3) is 0 Å². The van der Waals surface area contributed by atoms with Gasteiger partial charge in [-0.05, 0) is 27.7 Å². The first-order chi connectivity index (χ1) is 10.7. The molecule has 2 rings (SSSR count). The van der Waals surface area contributed by atoms with Gasteiger partial charge in [0.2, 0.25) is 0 Å². The van der Waals surface area contributed by atoms with Gasteiger partial charge in [0.25, 0.3) is 0 Å². The van der Waals surface area contributed by atoms with Gasteiger partial charge in [-0.2, -0.15) is 0 Å². The molecule has 1 aliphatic rings. The van der Waals surface area contributed by atoms with Crippen LogP contribution >= 0.6 is 0 Å². The molecule has 5 nitrogen and oxygen atoms in total. The Hall–Kier alpha value is -2.18. The van der Waals surface area contributed by atoms with Gasteiger partial charge in [0.05, 0.1) is 13.1 Å². The summed E-state index contributed by atoms with van der Waals surface area (Å²) >= 11 is 0. The third-order valence-electron chi connectivity index (χ3n) is 3.00. The van der Waals surface area contributed by atoms with Crippen LogP contribution in [0.3, 0.4) is 0 Å². The molecule has 126 valence electrons. The van der Waals surface area contributed by atoms with Crippen LogP contribution in [0.4, 0.5) is 13.6 Å². The van der Waals surface area contributed by atoms with Gasteiger partial charge >= 0.3 is 6.09 Å². The standard InChI is InChI=1S/C16H20F2N2O3/c1-10(22-13-8-11(17)7-12(18)9-13)14-19-5-6-20(14)15(21)23-16(2,3)4/h7-10H,5-6H2,1-4H3. The van der Waals surface area contributed by atoms with Crippen molar-refractivity contribution in [2.24, 2.45) is 4.99 Å². The van der Waals surface area contributed by atoms with Crippen LogP contribution in [0.2, 0.25) is 0 Å². The molecule has 7 heteroatoms. The predicted octanol–water partition coefficient (Wildman–Crippen LogP) is 3.38. The number of rotatable bonds is 3. The average Bonchev–Trinajstić information content (AvgIpc) is 2.84. The van der Waals surface area contributed by atoms with E-state index in [-0.39, 0.29) is 5.75 Å². The molecule has 1 atom stereocenters. The van der Waals surface area contributed by atoms with Crippen LogP contribution in [0.15, 0.2) is 23.2 Å². The highest BCUT2D eigenvalue weighted by molar-refractivity contribution is 5.99. The molecule has 0 saturated heterocycles. The molecule has 0 bridgehead atoms. The summed E-state index contributed by atoms with van der Waals surface area (Å²) < 4.78 is 37.3. The zero-order valence-corrected chi connectivity index (χ0v) is 13.6. The van der Waals surface area contributed by atoms with Gasteiger partial charge in [-0.25, -0.2) is 13.6 Å². The molecule has 0 spiro atoms.